The van der Waals surface area contributed by atoms with Gasteiger partial charge in [-0.2, -0.15) is 13.2 Å². The highest BCUT2D eigenvalue weighted by atomic mass is 127. The average Bonchev–Trinajstić information content (AvgIpc) is 2.75. The number of hydrogen-bond acceptors (Lipinski definition) is 4. The van der Waals surface area contributed by atoms with E-state index in [1.807, 2.05) is 0 Å². The number of carboxylic acids is 1. The van der Waals surface area contributed by atoms with Crippen molar-refractivity contribution in [1.29, 1.82) is 0 Å². The van der Waals surface area contributed by atoms with Crippen LogP contribution in [-0.4, -0.2) is 28.0 Å². The number of ether oxygens (including phenoxy) is 1. The average molecular weight is 590 g/mol. The van der Waals surface area contributed by atoms with E-state index in [1.54, 1.807) is 36.4 Å². The summed E-state index contributed by atoms with van der Waals surface area (Å²) in [4.78, 5) is 30.6. The van der Waals surface area contributed by atoms with Gasteiger partial charge in [-0.25, -0.2) is 9.78 Å². The van der Waals surface area contributed by atoms with Crippen LogP contribution in [0.2, 0.25) is 0 Å². The van der Waals surface area contributed by atoms with Crippen LogP contribution in [0.25, 0.3) is 0 Å². The van der Waals surface area contributed by atoms with Gasteiger partial charge in [-0.1, -0.05) is 6.92 Å². The van der Waals surface area contributed by atoms with Crippen molar-refractivity contribution in [2.45, 2.75) is 58.7 Å². The van der Waals surface area contributed by atoms with Gasteiger partial charge in [0.05, 0.1) is 11.3 Å². The Balaban J connectivity index is 1.97. The molecule has 0 bridgehead atoms. The van der Waals surface area contributed by atoms with E-state index in [-0.39, 0.29) is 38.4 Å². The van der Waals surface area contributed by atoms with Crippen molar-refractivity contribution in [1.82, 2.24) is 4.98 Å². The van der Waals surface area contributed by atoms with Gasteiger partial charge in [-0.05, 0) is 92.3 Å². The molecule has 0 aliphatic heterocycles. The maximum atomic E-state index is 13.4. The second-order valence-electron chi connectivity index (χ2n) is 8.85. The molecule has 1 heterocycles. The highest BCUT2D eigenvalue weighted by Gasteiger charge is 2.36. The quantitative estimate of drug-likeness (QED) is 0.376. The topological polar surface area (TPSA) is 79.7 Å². The number of pyridine rings is 1. The number of aromatic carboxylic acids is 1. The SMILES string of the molecule is CC1CCC(C(=O)N(c2ccc(Oc3ncc(I)cc3C(F)(F)F)cc2C(=O)O)C(C)C)CC1. The summed E-state index contributed by atoms with van der Waals surface area (Å²) in [5.41, 5.74) is -1.11. The molecule has 1 aromatic carbocycles. The molecule has 0 radical (unpaired) electrons. The Bertz CT molecular complexity index is 1070. The van der Waals surface area contributed by atoms with Crippen molar-refractivity contribution in [2.24, 2.45) is 11.8 Å². The molecule has 1 aliphatic carbocycles. The van der Waals surface area contributed by atoms with Gasteiger partial charge < -0.3 is 14.7 Å². The van der Waals surface area contributed by atoms with Crippen molar-refractivity contribution in [2.75, 3.05) is 4.90 Å². The molecular formula is C24H26F3IN2O4. The molecular weight excluding hydrogens is 564 g/mol. The number of benzene rings is 1. The maximum Gasteiger partial charge on any atom is 0.421 e. The smallest absolute Gasteiger partial charge is 0.421 e. The summed E-state index contributed by atoms with van der Waals surface area (Å²) in [6.07, 6.45) is -0.118. The van der Waals surface area contributed by atoms with Crippen molar-refractivity contribution in [3.63, 3.8) is 0 Å². The number of carboxylic acid groups (broad SMARTS) is 1. The first kappa shape index (κ1) is 26.2. The molecule has 10 heteroatoms. The lowest BCUT2D eigenvalue weighted by Gasteiger charge is -2.34. The zero-order valence-corrected chi connectivity index (χ0v) is 21.2. The van der Waals surface area contributed by atoms with Gasteiger partial charge >= 0.3 is 12.1 Å². The number of halogens is 4. The summed E-state index contributed by atoms with van der Waals surface area (Å²) in [5.74, 6) is -1.90. The van der Waals surface area contributed by atoms with Gasteiger partial charge in [-0.3, -0.25) is 4.79 Å². The molecule has 0 unspecified atom stereocenters. The van der Waals surface area contributed by atoms with E-state index >= 15 is 0 Å². The lowest BCUT2D eigenvalue weighted by molar-refractivity contribution is -0.139. The van der Waals surface area contributed by atoms with Gasteiger partial charge in [0.2, 0.25) is 11.8 Å². The van der Waals surface area contributed by atoms with Gasteiger partial charge in [0.1, 0.15) is 11.3 Å². The van der Waals surface area contributed by atoms with E-state index < -0.39 is 23.6 Å². The minimum Gasteiger partial charge on any atom is -0.478 e. The first-order valence-electron chi connectivity index (χ1n) is 11.0. The predicted molar refractivity (Wildman–Crippen MR) is 129 cm³/mol. The van der Waals surface area contributed by atoms with E-state index in [0.29, 0.717) is 5.92 Å². The van der Waals surface area contributed by atoms with Crippen molar-refractivity contribution >= 4 is 40.2 Å². The maximum absolute atomic E-state index is 13.4. The van der Waals surface area contributed by atoms with Crippen LogP contribution in [-0.2, 0) is 11.0 Å². The van der Waals surface area contributed by atoms with Crippen LogP contribution in [0, 0.1) is 15.4 Å². The number of rotatable bonds is 6. The third kappa shape index (κ3) is 6.00. The van der Waals surface area contributed by atoms with E-state index in [2.05, 4.69) is 11.9 Å². The molecule has 3 rings (SSSR count). The Labute approximate surface area is 209 Å². The van der Waals surface area contributed by atoms with Crippen LogP contribution in [0.5, 0.6) is 11.6 Å². The molecule has 0 atom stereocenters. The molecule has 0 saturated heterocycles. The van der Waals surface area contributed by atoms with Gasteiger partial charge in [0.15, 0.2) is 0 Å². The number of amides is 1. The minimum absolute atomic E-state index is 0.122. The zero-order chi connectivity index (χ0) is 25.2. The van der Waals surface area contributed by atoms with Crippen LogP contribution < -0.4 is 9.64 Å². The highest BCUT2D eigenvalue weighted by molar-refractivity contribution is 14.1. The molecule has 1 aliphatic rings. The Morgan fingerprint density at radius 2 is 1.82 bits per heavy atom. The van der Waals surface area contributed by atoms with Crippen LogP contribution in [0.1, 0.15) is 62.4 Å². The van der Waals surface area contributed by atoms with E-state index in [1.165, 1.54) is 23.2 Å². The molecule has 184 valence electrons. The van der Waals surface area contributed by atoms with Crippen molar-refractivity contribution in [3.05, 3.63) is 45.2 Å². The fourth-order valence-electron chi connectivity index (χ4n) is 4.14. The number of alkyl halides is 3. The fourth-order valence-corrected chi connectivity index (χ4v) is 4.59. The van der Waals surface area contributed by atoms with Crippen LogP contribution in [0.15, 0.2) is 30.5 Å². The Morgan fingerprint density at radius 3 is 2.38 bits per heavy atom. The summed E-state index contributed by atoms with van der Waals surface area (Å²) in [7, 11) is 0. The number of hydrogen-bond donors (Lipinski definition) is 1. The molecule has 0 spiro atoms. The highest BCUT2D eigenvalue weighted by Crippen LogP contribution is 2.39. The van der Waals surface area contributed by atoms with Crippen molar-refractivity contribution < 1.29 is 32.6 Å². The predicted octanol–water partition coefficient (Wildman–Crippen LogP) is 6.76. The zero-order valence-electron chi connectivity index (χ0n) is 19.0. The monoisotopic (exact) mass is 590 g/mol. The van der Waals surface area contributed by atoms with E-state index in [9.17, 15) is 27.9 Å². The molecule has 6 nitrogen and oxygen atoms in total. The summed E-state index contributed by atoms with van der Waals surface area (Å²) in [6, 6.07) is 4.48. The number of anilines is 1. The number of carbonyl (C=O) groups excluding carboxylic acids is 1. The molecule has 34 heavy (non-hydrogen) atoms. The lowest BCUT2D eigenvalue weighted by atomic mass is 9.82. The summed E-state index contributed by atoms with van der Waals surface area (Å²) >= 11 is 1.72. The normalized spacial score (nSPS) is 18.6. The molecule has 1 aromatic heterocycles. The third-order valence-corrected chi connectivity index (χ3v) is 6.50. The number of carbonyl (C=O) groups is 2. The molecule has 1 N–H and O–H groups in total. The standard InChI is InChI=1S/C24H26F3IN2O4/c1-13(2)30(22(31)15-6-4-14(3)5-7-15)20-9-8-17(11-18(20)23(32)33)34-21-19(24(25,26)27)10-16(28)12-29-21/h8-15H,4-7H2,1-3H3,(H,32,33). The first-order valence-corrected chi connectivity index (χ1v) is 12.1. The molecule has 1 saturated carbocycles. The Morgan fingerprint density at radius 1 is 1.18 bits per heavy atom. The van der Waals surface area contributed by atoms with Crippen LogP contribution >= 0.6 is 22.6 Å². The minimum atomic E-state index is -4.70. The second-order valence-corrected chi connectivity index (χ2v) is 10.1. The van der Waals surface area contributed by atoms with E-state index in [0.717, 1.165) is 37.8 Å². The molecule has 1 fully saturated rings. The second kappa shape index (κ2) is 10.5. The van der Waals surface area contributed by atoms with Gasteiger partial charge in [0.25, 0.3) is 0 Å². The number of aromatic nitrogens is 1. The summed E-state index contributed by atoms with van der Waals surface area (Å²) in [6.45, 7) is 5.74. The molecule has 2 aromatic rings. The molecule has 1 amide bonds. The van der Waals surface area contributed by atoms with Crippen LogP contribution in [0.3, 0.4) is 0 Å². The summed E-state index contributed by atoms with van der Waals surface area (Å²) in [5, 5.41) is 9.84. The third-order valence-electron chi connectivity index (χ3n) is 5.91. The van der Waals surface area contributed by atoms with E-state index in [4.69, 9.17) is 4.74 Å². The Kier molecular flexibility index (Phi) is 8.10. The van der Waals surface area contributed by atoms with Gasteiger partial charge in [-0.15, -0.1) is 0 Å². The Hall–Kier alpha value is -2.37. The van der Waals surface area contributed by atoms with Crippen LogP contribution in [0.4, 0.5) is 18.9 Å². The van der Waals surface area contributed by atoms with Gasteiger partial charge in [0, 0.05) is 21.7 Å². The summed E-state index contributed by atoms with van der Waals surface area (Å²) < 4.78 is 45.9. The fraction of sp³-hybridized carbons (Fsp3) is 0.458. The first-order chi connectivity index (χ1) is 15.9. The lowest BCUT2D eigenvalue weighted by Crippen LogP contribution is -2.42. The largest absolute Gasteiger partial charge is 0.478 e. The van der Waals surface area contributed by atoms with Crippen molar-refractivity contribution in [3.8, 4) is 11.6 Å². The number of nitrogens with zero attached hydrogens (tertiary/aromatic N) is 2.